The molecule has 0 aliphatic rings. The summed E-state index contributed by atoms with van der Waals surface area (Å²) in [5.74, 6) is -0.568. The number of fused-ring (bicyclic) bond motifs is 1. The van der Waals surface area contributed by atoms with Crippen molar-refractivity contribution in [1.29, 1.82) is 0 Å². The largest absolute Gasteiger partial charge is 0.350 e. The summed E-state index contributed by atoms with van der Waals surface area (Å²) >= 11 is 0. The molecule has 0 aliphatic carbocycles. The maximum atomic E-state index is 13.8. The molecule has 0 saturated carbocycles. The number of carbonyl (C=O) groups is 1. The van der Waals surface area contributed by atoms with Gasteiger partial charge < -0.3 is 15.2 Å². The van der Waals surface area contributed by atoms with Crippen molar-refractivity contribution in [3.8, 4) is 0 Å². The third-order valence-corrected chi connectivity index (χ3v) is 4.98. The molecule has 0 fully saturated rings. The number of hydrogen-bond donors (Lipinski definition) is 2. The van der Waals surface area contributed by atoms with Crippen LogP contribution in [-0.2, 0) is 7.05 Å². The highest BCUT2D eigenvalue weighted by Gasteiger charge is 2.20. The normalized spacial score (nSPS) is 11.9. The van der Waals surface area contributed by atoms with E-state index in [9.17, 15) is 9.18 Å². The third-order valence-electron chi connectivity index (χ3n) is 4.98. The number of nitrogens with one attached hydrogen (secondary N) is 2. The number of hydrogen-bond acceptors (Lipinski definition) is 2. The number of pyridine rings is 1. The summed E-state index contributed by atoms with van der Waals surface area (Å²) in [6.45, 7) is 0.347. The van der Waals surface area contributed by atoms with E-state index in [-0.39, 0.29) is 11.6 Å². The number of nitrogens with zero attached hydrogens (tertiary/aromatic N) is 2. The standard InChI is InChI=1S/C23H21FN4O/c1-28-15-19(17-8-2-5-11-22(17)28)18(16-7-6-12-25-13-16)14-26-23(29)27-21-10-4-3-9-20(21)24/h2-13,15,18H,14H2,1H3,(H2,26,27,29)/t18-/m1/s1. The molecule has 2 aromatic carbocycles. The molecule has 4 rings (SSSR count). The van der Waals surface area contributed by atoms with Crippen LogP contribution >= 0.6 is 0 Å². The lowest BCUT2D eigenvalue weighted by atomic mass is 9.92. The van der Waals surface area contributed by atoms with E-state index in [2.05, 4.69) is 38.5 Å². The molecular weight excluding hydrogens is 367 g/mol. The topological polar surface area (TPSA) is 59.0 Å². The molecule has 29 heavy (non-hydrogen) atoms. The van der Waals surface area contributed by atoms with E-state index in [4.69, 9.17) is 0 Å². The van der Waals surface area contributed by atoms with E-state index in [1.165, 1.54) is 12.1 Å². The van der Waals surface area contributed by atoms with Crippen molar-refractivity contribution in [1.82, 2.24) is 14.9 Å². The lowest BCUT2D eigenvalue weighted by Gasteiger charge is -2.18. The minimum atomic E-state index is -0.472. The van der Waals surface area contributed by atoms with Gasteiger partial charge in [-0.1, -0.05) is 36.4 Å². The van der Waals surface area contributed by atoms with E-state index in [1.54, 1.807) is 18.3 Å². The minimum Gasteiger partial charge on any atom is -0.350 e. The lowest BCUT2D eigenvalue weighted by Crippen LogP contribution is -2.33. The van der Waals surface area contributed by atoms with E-state index in [1.807, 2.05) is 37.5 Å². The number of anilines is 1. The van der Waals surface area contributed by atoms with Gasteiger partial charge in [-0.2, -0.15) is 0 Å². The molecule has 2 amide bonds. The van der Waals surface area contributed by atoms with Gasteiger partial charge in [0, 0.05) is 49.0 Å². The number of rotatable bonds is 5. The van der Waals surface area contributed by atoms with E-state index >= 15 is 0 Å². The quantitative estimate of drug-likeness (QED) is 0.522. The fourth-order valence-electron chi connectivity index (χ4n) is 3.56. The summed E-state index contributed by atoms with van der Waals surface area (Å²) in [5.41, 5.74) is 3.36. The van der Waals surface area contributed by atoms with Crippen molar-refractivity contribution >= 4 is 22.6 Å². The number of halogens is 1. The molecule has 2 aromatic heterocycles. The molecular formula is C23H21FN4O. The Morgan fingerprint density at radius 2 is 1.90 bits per heavy atom. The Balaban J connectivity index is 1.60. The predicted octanol–water partition coefficient (Wildman–Crippen LogP) is 4.67. The molecule has 2 heterocycles. The Labute approximate surface area is 168 Å². The molecule has 0 saturated heterocycles. The Morgan fingerprint density at radius 3 is 2.69 bits per heavy atom. The average molecular weight is 388 g/mol. The summed E-state index contributed by atoms with van der Waals surface area (Å²) in [6, 6.07) is 17.7. The zero-order chi connectivity index (χ0) is 20.2. The minimum absolute atomic E-state index is 0.0961. The van der Waals surface area contributed by atoms with Gasteiger partial charge in [0.15, 0.2) is 0 Å². The van der Waals surface area contributed by atoms with Crippen LogP contribution in [0.2, 0.25) is 0 Å². The molecule has 1 atom stereocenters. The van der Waals surface area contributed by atoms with Crippen LogP contribution in [-0.4, -0.2) is 22.1 Å². The fraction of sp³-hybridized carbons (Fsp3) is 0.130. The molecule has 0 spiro atoms. The van der Waals surface area contributed by atoms with Crippen molar-refractivity contribution < 1.29 is 9.18 Å². The van der Waals surface area contributed by atoms with Gasteiger partial charge in [0.2, 0.25) is 0 Å². The van der Waals surface area contributed by atoms with Crippen LogP contribution in [0.15, 0.2) is 79.3 Å². The second-order valence-electron chi connectivity index (χ2n) is 6.87. The lowest BCUT2D eigenvalue weighted by molar-refractivity contribution is 0.251. The van der Waals surface area contributed by atoms with E-state index in [0.29, 0.717) is 6.54 Å². The average Bonchev–Trinajstić information content (AvgIpc) is 3.07. The van der Waals surface area contributed by atoms with Crippen LogP contribution in [0.4, 0.5) is 14.9 Å². The molecule has 0 bridgehead atoms. The summed E-state index contributed by atoms with van der Waals surface area (Å²) in [7, 11) is 2.00. The summed E-state index contributed by atoms with van der Waals surface area (Å²) in [4.78, 5) is 16.6. The SMILES string of the molecule is Cn1cc([C@H](CNC(=O)Nc2ccccc2F)c2cccnc2)c2ccccc21. The van der Waals surface area contributed by atoms with Gasteiger partial charge in [0.25, 0.3) is 0 Å². The molecule has 4 aromatic rings. The molecule has 0 aliphatic heterocycles. The van der Waals surface area contributed by atoms with Crippen LogP contribution in [0.3, 0.4) is 0 Å². The summed E-state index contributed by atoms with van der Waals surface area (Å²) in [5, 5.41) is 6.57. The first-order valence-electron chi connectivity index (χ1n) is 9.37. The number of amides is 2. The smallest absolute Gasteiger partial charge is 0.319 e. The Hall–Kier alpha value is -3.67. The third kappa shape index (κ3) is 3.96. The second-order valence-corrected chi connectivity index (χ2v) is 6.87. The van der Waals surface area contributed by atoms with Crippen molar-refractivity contribution in [2.24, 2.45) is 7.05 Å². The molecule has 2 N–H and O–H groups in total. The Kier molecular flexibility index (Phi) is 5.24. The number of benzene rings is 2. The zero-order valence-corrected chi connectivity index (χ0v) is 16.0. The highest BCUT2D eigenvalue weighted by molar-refractivity contribution is 5.89. The number of aryl methyl sites for hydroxylation is 1. The van der Waals surface area contributed by atoms with Crippen molar-refractivity contribution in [2.75, 3.05) is 11.9 Å². The Bertz CT molecular complexity index is 1140. The van der Waals surface area contributed by atoms with E-state index in [0.717, 1.165) is 22.0 Å². The van der Waals surface area contributed by atoms with Crippen molar-refractivity contribution in [2.45, 2.75) is 5.92 Å². The molecule has 146 valence electrons. The summed E-state index contributed by atoms with van der Waals surface area (Å²) in [6.07, 6.45) is 5.61. The van der Waals surface area contributed by atoms with Crippen LogP contribution in [0.1, 0.15) is 17.0 Å². The number of para-hydroxylation sites is 2. The number of carbonyl (C=O) groups excluding carboxylic acids is 1. The van der Waals surface area contributed by atoms with E-state index < -0.39 is 11.8 Å². The Morgan fingerprint density at radius 1 is 1.10 bits per heavy atom. The zero-order valence-electron chi connectivity index (χ0n) is 16.0. The number of urea groups is 1. The number of aromatic nitrogens is 2. The summed E-state index contributed by atoms with van der Waals surface area (Å²) < 4.78 is 15.9. The van der Waals surface area contributed by atoms with Crippen molar-refractivity contribution in [3.63, 3.8) is 0 Å². The second kappa shape index (κ2) is 8.14. The molecule has 5 nitrogen and oxygen atoms in total. The first kappa shape index (κ1) is 18.7. The van der Waals surface area contributed by atoms with Crippen LogP contribution in [0, 0.1) is 5.82 Å². The van der Waals surface area contributed by atoms with Crippen molar-refractivity contribution in [3.05, 3.63) is 96.2 Å². The van der Waals surface area contributed by atoms with Gasteiger partial charge >= 0.3 is 6.03 Å². The van der Waals surface area contributed by atoms with Gasteiger partial charge in [-0.15, -0.1) is 0 Å². The first-order chi connectivity index (χ1) is 14.1. The predicted molar refractivity (Wildman–Crippen MR) is 112 cm³/mol. The highest BCUT2D eigenvalue weighted by Crippen LogP contribution is 2.31. The first-order valence-corrected chi connectivity index (χ1v) is 9.37. The van der Waals surface area contributed by atoms with Gasteiger partial charge in [0.05, 0.1) is 5.69 Å². The highest BCUT2D eigenvalue weighted by atomic mass is 19.1. The van der Waals surface area contributed by atoms with Gasteiger partial charge in [0.1, 0.15) is 5.82 Å². The van der Waals surface area contributed by atoms with Crippen LogP contribution in [0.25, 0.3) is 10.9 Å². The maximum absolute atomic E-state index is 13.8. The van der Waals surface area contributed by atoms with Gasteiger partial charge in [-0.05, 0) is 35.4 Å². The molecule has 6 heteroatoms. The molecule has 0 unspecified atom stereocenters. The van der Waals surface area contributed by atoms with Crippen LogP contribution in [0.5, 0.6) is 0 Å². The fourth-order valence-corrected chi connectivity index (χ4v) is 3.56. The van der Waals surface area contributed by atoms with Gasteiger partial charge in [-0.3, -0.25) is 4.98 Å². The monoisotopic (exact) mass is 388 g/mol. The molecule has 0 radical (unpaired) electrons. The van der Waals surface area contributed by atoms with Crippen LogP contribution < -0.4 is 10.6 Å². The maximum Gasteiger partial charge on any atom is 0.319 e. The van der Waals surface area contributed by atoms with Gasteiger partial charge in [-0.25, -0.2) is 9.18 Å².